The molecule has 4 nitrogen and oxygen atoms in total. The number of thiazole rings is 1. The fourth-order valence-corrected chi connectivity index (χ4v) is 4.81. The van der Waals surface area contributed by atoms with Crippen molar-refractivity contribution in [3.05, 3.63) is 29.3 Å². The van der Waals surface area contributed by atoms with Crippen LogP contribution in [0.2, 0.25) is 0 Å². The van der Waals surface area contributed by atoms with Crippen molar-refractivity contribution in [3.63, 3.8) is 0 Å². The van der Waals surface area contributed by atoms with E-state index in [9.17, 15) is 4.79 Å². The van der Waals surface area contributed by atoms with Crippen molar-refractivity contribution < 1.29 is 4.79 Å². The summed E-state index contributed by atoms with van der Waals surface area (Å²) in [5.41, 5.74) is 1.04. The quantitative estimate of drug-likeness (QED) is 0.767. The Kier molecular flexibility index (Phi) is 6.43. The van der Waals surface area contributed by atoms with Gasteiger partial charge in [-0.2, -0.15) is 0 Å². The molecule has 0 spiro atoms. The Morgan fingerprint density at radius 3 is 2.80 bits per heavy atom. The first-order valence-corrected chi connectivity index (χ1v) is 10.3. The molecule has 1 aliphatic heterocycles. The van der Waals surface area contributed by atoms with Crippen LogP contribution in [0, 0.1) is 11.8 Å². The van der Waals surface area contributed by atoms with Crippen LogP contribution in [0.3, 0.4) is 0 Å². The topological polar surface area (TPSA) is 45.2 Å². The molecule has 1 saturated heterocycles. The molecule has 5 heteroatoms. The molecule has 0 unspecified atom stereocenters. The molecule has 0 bridgehead atoms. The van der Waals surface area contributed by atoms with Gasteiger partial charge in [-0.25, -0.2) is 4.98 Å². The predicted octanol–water partition coefficient (Wildman–Crippen LogP) is 3.71. The van der Waals surface area contributed by atoms with Gasteiger partial charge in [-0.1, -0.05) is 26.0 Å². The van der Waals surface area contributed by atoms with E-state index in [2.05, 4.69) is 35.1 Å². The predicted molar refractivity (Wildman–Crippen MR) is 105 cm³/mol. The highest BCUT2D eigenvalue weighted by molar-refractivity contribution is 7.18. The number of amides is 1. The number of hydrogen-bond acceptors (Lipinski definition) is 4. The summed E-state index contributed by atoms with van der Waals surface area (Å²) in [5.74, 6) is 1.74. The fraction of sp³-hybridized carbons (Fsp3) is 0.600. The standard InChI is InChI=1S/C20H29N3OS/c1-15-12-16(2)14-23(13-15)11-5-10-21-19(24)8-9-20-22-17-6-3-4-7-18(17)25-20/h3-4,6-7,15-16H,5,8-14H2,1-2H3,(H,21,24)/t15-,16-/m0/s1. The number of aromatic nitrogens is 1. The first-order valence-electron chi connectivity index (χ1n) is 9.43. The minimum atomic E-state index is 0.139. The second-order valence-electron chi connectivity index (χ2n) is 7.48. The van der Waals surface area contributed by atoms with Gasteiger partial charge in [-0.05, 0) is 43.4 Å². The zero-order valence-electron chi connectivity index (χ0n) is 15.3. The molecule has 25 heavy (non-hydrogen) atoms. The first-order chi connectivity index (χ1) is 12.1. The molecule has 3 rings (SSSR count). The minimum Gasteiger partial charge on any atom is -0.356 e. The molecule has 2 heterocycles. The smallest absolute Gasteiger partial charge is 0.220 e. The Bertz CT molecular complexity index is 656. The lowest BCUT2D eigenvalue weighted by Gasteiger charge is -2.34. The van der Waals surface area contributed by atoms with Crippen molar-refractivity contribution in [3.8, 4) is 0 Å². The van der Waals surface area contributed by atoms with Crippen LogP contribution in [-0.4, -0.2) is 42.0 Å². The summed E-state index contributed by atoms with van der Waals surface area (Å²) in [6.07, 6.45) is 3.63. The number of fused-ring (bicyclic) bond motifs is 1. The maximum atomic E-state index is 12.0. The number of carbonyl (C=O) groups is 1. The summed E-state index contributed by atoms with van der Waals surface area (Å²) in [6.45, 7) is 8.95. The third-order valence-corrected chi connectivity index (χ3v) is 5.92. The molecule has 1 fully saturated rings. The summed E-state index contributed by atoms with van der Waals surface area (Å²) in [6, 6.07) is 8.14. The Balaban J connectivity index is 1.33. The van der Waals surface area contributed by atoms with Gasteiger partial charge in [0, 0.05) is 32.5 Å². The minimum absolute atomic E-state index is 0.139. The van der Waals surface area contributed by atoms with Gasteiger partial charge in [0.05, 0.1) is 15.2 Å². The van der Waals surface area contributed by atoms with Gasteiger partial charge in [0.1, 0.15) is 0 Å². The van der Waals surface area contributed by atoms with E-state index in [1.807, 2.05) is 18.2 Å². The molecular weight excluding hydrogens is 330 g/mol. The number of para-hydroxylation sites is 1. The maximum absolute atomic E-state index is 12.0. The number of benzene rings is 1. The largest absolute Gasteiger partial charge is 0.356 e. The van der Waals surface area contributed by atoms with Gasteiger partial charge >= 0.3 is 0 Å². The van der Waals surface area contributed by atoms with Crippen LogP contribution in [0.5, 0.6) is 0 Å². The summed E-state index contributed by atoms with van der Waals surface area (Å²) in [7, 11) is 0. The average molecular weight is 360 g/mol. The number of nitrogens with one attached hydrogen (secondary N) is 1. The van der Waals surface area contributed by atoms with Crippen LogP contribution in [0.1, 0.15) is 38.1 Å². The van der Waals surface area contributed by atoms with Crippen LogP contribution in [0.25, 0.3) is 10.2 Å². The lowest BCUT2D eigenvalue weighted by molar-refractivity contribution is -0.121. The van der Waals surface area contributed by atoms with Gasteiger partial charge in [-0.3, -0.25) is 4.79 Å². The van der Waals surface area contributed by atoms with Crippen LogP contribution < -0.4 is 5.32 Å². The van der Waals surface area contributed by atoms with Crippen molar-refractivity contribution in [1.29, 1.82) is 0 Å². The maximum Gasteiger partial charge on any atom is 0.220 e. The van der Waals surface area contributed by atoms with Crippen molar-refractivity contribution in [2.45, 2.75) is 39.5 Å². The van der Waals surface area contributed by atoms with Gasteiger partial charge in [0.2, 0.25) is 5.91 Å². The monoisotopic (exact) mass is 359 g/mol. The third kappa shape index (κ3) is 5.51. The Hall–Kier alpha value is -1.46. The molecule has 0 saturated carbocycles. The lowest BCUT2D eigenvalue weighted by atomic mass is 9.92. The van der Waals surface area contributed by atoms with Crippen molar-refractivity contribution in [1.82, 2.24) is 15.2 Å². The number of carbonyl (C=O) groups excluding carboxylic acids is 1. The zero-order valence-corrected chi connectivity index (χ0v) is 16.1. The van der Waals surface area contributed by atoms with Crippen molar-refractivity contribution in [2.75, 3.05) is 26.2 Å². The molecule has 1 aromatic heterocycles. The highest BCUT2D eigenvalue weighted by atomic mass is 32.1. The Labute approximate surface area is 154 Å². The fourth-order valence-electron chi connectivity index (χ4n) is 3.84. The van der Waals surface area contributed by atoms with E-state index >= 15 is 0 Å². The third-order valence-electron chi connectivity index (χ3n) is 4.82. The molecule has 2 atom stereocenters. The van der Waals surface area contributed by atoms with Gasteiger partial charge in [0.15, 0.2) is 0 Å². The number of piperidine rings is 1. The molecule has 1 amide bonds. The van der Waals surface area contributed by atoms with Crippen molar-refractivity contribution in [2.24, 2.45) is 11.8 Å². The van der Waals surface area contributed by atoms with E-state index in [0.29, 0.717) is 6.42 Å². The van der Waals surface area contributed by atoms with Crippen LogP contribution in [-0.2, 0) is 11.2 Å². The molecule has 1 aliphatic rings. The normalized spacial score (nSPS) is 21.5. The van der Waals surface area contributed by atoms with Gasteiger partial charge < -0.3 is 10.2 Å². The van der Waals surface area contributed by atoms with Crippen LogP contribution in [0.4, 0.5) is 0 Å². The summed E-state index contributed by atoms with van der Waals surface area (Å²) >= 11 is 1.69. The van der Waals surface area contributed by atoms with E-state index < -0.39 is 0 Å². The van der Waals surface area contributed by atoms with E-state index in [4.69, 9.17) is 0 Å². The summed E-state index contributed by atoms with van der Waals surface area (Å²) in [5, 5.41) is 4.11. The lowest BCUT2D eigenvalue weighted by Crippen LogP contribution is -2.40. The summed E-state index contributed by atoms with van der Waals surface area (Å²) < 4.78 is 1.20. The molecule has 1 aromatic carbocycles. The second-order valence-corrected chi connectivity index (χ2v) is 8.60. The van der Waals surface area contributed by atoms with Gasteiger partial charge in [0.25, 0.3) is 0 Å². The number of hydrogen-bond donors (Lipinski definition) is 1. The van der Waals surface area contributed by atoms with Crippen LogP contribution >= 0.6 is 11.3 Å². The molecule has 0 radical (unpaired) electrons. The van der Waals surface area contributed by atoms with Crippen LogP contribution in [0.15, 0.2) is 24.3 Å². The SMILES string of the molecule is C[C@H]1C[C@H](C)CN(CCCNC(=O)CCc2nc3ccccc3s2)C1. The number of likely N-dealkylation sites (tertiary alicyclic amines) is 1. The molecular formula is C20H29N3OS. The molecule has 2 aromatic rings. The number of aryl methyl sites for hydroxylation is 1. The Morgan fingerprint density at radius 1 is 1.28 bits per heavy atom. The van der Waals surface area contributed by atoms with E-state index in [0.717, 1.165) is 48.3 Å². The van der Waals surface area contributed by atoms with Gasteiger partial charge in [-0.15, -0.1) is 11.3 Å². The highest BCUT2D eigenvalue weighted by Crippen LogP contribution is 2.22. The number of nitrogens with zero attached hydrogens (tertiary/aromatic N) is 2. The van der Waals surface area contributed by atoms with E-state index in [1.54, 1.807) is 11.3 Å². The summed E-state index contributed by atoms with van der Waals surface area (Å²) in [4.78, 5) is 19.2. The average Bonchev–Trinajstić information content (AvgIpc) is 2.99. The molecule has 1 N–H and O–H groups in total. The zero-order chi connectivity index (χ0) is 17.6. The highest BCUT2D eigenvalue weighted by Gasteiger charge is 2.21. The number of rotatable bonds is 7. The second kappa shape index (κ2) is 8.77. The Morgan fingerprint density at radius 2 is 2.04 bits per heavy atom. The van der Waals surface area contributed by atoms with E-state index in [1.165, 1.54) is 24.2 Å². The van der Waals surface area contributed by atoms with E-state index in [-0.39, 0.29) is 5.91 Å². The molecule has 136 valence electrons. The molecule has 0 aliphatic carbocycles. The van der Waals surface area contributed by atoms with Crippen molar-refractivity contribution >= 4 is 27.5 Å². The first kappa shape index (κ1) is 18.3.